The van der Waals surface area contributed by atoms with Crippen LogP contribution in [-0.4, -0.2) is 6.65 Å². The molecule has 0 spiro atoms. The monoisotopic (exact) mass is 397 g/mol. The molecule has 23 heavy (non-hydrogen) atoms. The Bertz CT molecular complexity index is 732. The van der Waals surface area contributed by atoms with Crippen LogP contribution < -0.4 is 5.19 Å². The van der Waals surface area contributed by atoms with E-state index in [0.29, 0.717) is 5.92 Å². The summed E-state index contributed by atoms with van der Waals surface area (Å²) in [5.74, 6) is 0.698. The zero-order chi connectivity index (χ0) is 16.6. The third-order valence-corrected chi connectivity index (χ3v) is 23.8. The Morgan fingerprint density at radius 3 is 2.22 bits per heavy atom. The molecule has 0 radical (unpaired) electrons. The van der Waals surface area contributed by atoms with E-state index < -0.39 is 20.9 Å². The van der Waals surface area contributed by atoms with Gasteiger partial charge >= 0.3 is 151 Å². The van der Waals surface area contributed by atoms with E-state index in [1.54, 1.807) is 21.9 Å². The Balaban J connectivity index is 1.96. The number of aryl methyl sites for hydroxylation is 1. The zero-order valence-electron chi connectivity index (χ0n) is 15.0. The fraction of sp³-hybridized carbons (Fsp3) is 0.333. The minimum atomic E-state index is -1.69. The number of hydrogen-bond acceptors (Lipinski definition) is 0. The van der Waals surface area contributed by atoms with Crippen LogP contribution in [0.25, 0.3) is 0 Å². The van der Waals surface area contributed by atoms with Gasteiger partial charge in [-0.2, -0.15) is 0 Å². The maximum atomic E-state index is 2.46. The Morgan fingerprint density at radius 2 is 1.70 bits per heavy atom. The molecule has 2 aliphatic rings. The van der Waals surface area contributed by atoms with Crippen LogP contribution in [0.1, 0.15) is 39.7 Å². The first-order chi connectivity index (χ1) is 11.0. The van der Waals surface area contributed by atoms with E-state index in [4.69, 9.17) is 0 Å². The molecule has 0 heterocycles. The average Bonchev–Trinajstić information content (AvgIpc) is 3.13. The number of hydrogen-bond donors (Lipinski definition) is 0. The maximum absolute atomic E-state index is 2.46. The molecule has 0 aromatic heterocycles. The zero-order valence-corrected chi connectivity index (χ0v) is 18.9. The number of allylic oxidation sites excluding steroid dienone is 8. The van der Waals surface area contributed by atoms with Crippen molar-refractivity contribution < 1.29 is 20.9 Å². The second-order valence-corrected chi connectivity index (χ2v) is 20.2. The molecule has 1 aromatic rings. The van der Waals surface area contributed by atoms with E-state index in [-0.39, 0.29) is 6.65 Å². The van der Waals surface area contributed by atoms with Crippen molar-refractivity contribution in [1.29, 1.82) is 0 Å². The molecule has 0 saturated carbocycles. The molecule has 0 amide bonds. The summed E-state index contributed by atoms with van der Waals surface area (Å²) in [4.78, 5) is 0. The average molecular weight is 399 g/mol. The van der Waals surface area contributed by atoms with Crippen LogP contribution in [-0.2, 0) is 20.9 Å². The van der Waals surface area contributed by atoms with E-state index in [1.807, 2.05) is 6.56 Å². The van der Waals surface area contributed by atoms with E-state index in [2.05, 4.69) is 77.1 Å². The van der Waals surface area contributed by atoms with Crippen LogP contribution in [0, 0.1) is 12.8 Å². The van der Waals surface area contributed by atoms with E-state index in [9.17, 15) is 0 Å². The Kier molecular flexibility index (Phi) is 5.23. The Labute approximate surface area is 150 Å². The minimum absolute atomic E-state index is 0.177. The van der Waals surface area contributed by atoms with Crippen LogP contribution in [0.15, 0.2) is 65.8 Å². The summed E-state index contributed by atoms with van der Waals surface area (Å²) < 4.78 is 3.74. The van der Waals surface area contributed by atoms with Gasteiger partial charge in [0, 0.05) is 0 Å². The molecule has 1 unspecified atom stereocenters. The van der Waals surface area contributed by atoms with Crippen molar-refractivity contribution in [3.05, 3.63) is 71.3 Å². The van der Waals surface area contributed by atoms with Crippen molar-refractivity contribution in [3.8, 4) is 0 Å². The van der Waals surface area contributed by atoms with Crippen molar-refractivity contribution in [1.82, 2.24) is 0 Å². The molecule has 0 aliphatic heterocycles. The van der Waals surface area contributed by atoms with Gasteiger partial charge in [-0.1, -0.05) is 0 Å². The second kappa shape index (κ2) is 7.03. The SMILES string of the molecule is CC1=C(C)C(C)[C]([Zr]([SiH2]c2ccc(C)cc2)[C]2=CC=CC2)=C1C. The molecule has 1 aromatic carbocycles. The second-order valence-electron chi connectivity index (χ2n) is 7.03. The van der Waals surface area contributed by atoms with Gasteiger partial charge in [-0.15, -0.1) is 0 Å². The van der Waals surface area contributed by atoms with Gasteiger partial charge in [0.25, 0.3) is 0 Å². The topological polar surface area (TPSA) is 0 Å². The predicted molar refractivity (Wildman–Crippen MR) is 101 cm³/mol. The molecule has 2 heteroatoms. The van der Waals surface area contributed by atoms with Crippen molar-refractivity contribution >= 4 is 11.8 Å². The molecule has 119 valence electrons. The van der Waals surface area contributed by atoms with Crippen LogP contribution >= 0.6 is 0 Å². The summed E-state index contributed by atoms with van der Waals surface area (Å²) in [5, 5.41) is 1.67. The fourth-order valence-corrected chi connectivity index (χ4v) is 23.7. The molecule has 0 N–H and O–H groups in total. The number of benzene rings is 1. The molecule has 0 nitrogen and oxygen atoms in total. The van der Waals surface area contributed by atoms with Gasteiger partial charge in [0.2, 0.25) is 0 Å². The molecule has 2 aliphatic carbocycles. The van der Waals surface area contributed by atoms with Gasteiger partial charge in [-0.25, -0.2) is 0 Å². The van der Waals surface area contributed by atoms with Gasteiger partial charge in [0.15, 0.2) is 0 Å². The van der Waals surface area contributed by atoms with Gasteiger partial charge < -0.3 is 0 Å². The fourth-order valence-electron chi connectivity index (χ4n) is 3.81. The molecule has 0 bridgehead atoms. The third kappa shape index (κ3) is 3.39. The standard InChI is InChI=1S/C9H13.C7H9Si.C5H5.Zr/c1-6-5-7(2)9(4)8(6)3;1-6-2-4-7(8)5-3-6;1-2-4-5-3-1;/h6H,1-4H3;2-5H,8H2,1H3;1-3H,4H2;. The van der Waals surface area contributed by atoms with Crippen LogP contribution in [0.3, 0.4) is 0 Å². The normalized spacial score (nSPS) is 21.1. The number of rotatable bonds is 4. The molecule has 0 fully saturated rings. The van der Waals surface area contributed by atoms with E-state index in [1.165, 1.54) is 12.0 Å². The first-order valence-corrected chi connectivity index (χ1v) is 17.7. The summed E-state index contributed by atoms with van der Waals surface area (Å²) in [5.41, 5.74) is 6.24. The summed E-state index contributed by atoms with van der Waals surface area (Å²) in [6.07, 6.45) is 8.35. The quantitative estimate of drug-likeness (QED) is 0.658. The molecule has 1 atom stereocenters. The van der Waals surface area contributed by atoms with E-state index >= 15 is 0 Å². The summed E-state index contributed by atoms with van der Waals surface area (Å²) >= 11 is -1.69. The third-order valence-electron chi connectivity index (χ3n) is 5.63. The summed E-state index contributed by atoms with van der Waals surface area (Å²) in [6.45, 7) is 11.6. The van der Waals surface area contributed by atoms with Gasteiger partial charge in [0.1, 0.15) is 0 Å². The molecular weight excluding hydrogens is 372 g/mol. The van der Waals surface area contributed by atoms with Crippen LogP contribution in [0.5, 0.6) is 0 Å². The Morgan fingerprint density at radius 1 is 1.00 bits per heavy atom. The molecule has 3 rings (SSSR count). The molecule has 0 saturated heterocycles. The van der Waals surface area contributed by atoms with Crippen molar-refractivity contribution in [2.45, 2.75) is 41.0 Å². The molecular formula is C21H27SiZr. The van der Waals surface area contributed by atoms with Crippen LogP contribution in [0.2, 0.25) is 0 Å². The van der Waals surface area contributed by atoms with E-state index in [0.717, 1.165) is 0 Å². The summed E-state index contributed by atoms with van der Waals surface area (Å²) in [6, 6.07) is 9.43. The first-order valence-electron chi connectivity index (χ1n) is 8.65. The van der Waals surface area contributed by atoms with Gasteiger partial charge in [-0.05, 0) is 0 Å². The van der Waals surface area contributed by atoms with Crippen molar-refractivity contribution in [2.24, 2.45) is 5.92 Å². The van der Waals surface area contributed by atoms with Crippen molar-refractivity contribution in [3.63, 3.8) is 0 Å². The summed E-state index contributed by atoms with van der Waals surface area (Å²) in [7, 11) is 0. The van der Waals surface area contributed by atoms with Crippen molar-refractivity contribution in [2.75, 3.05) is 0 Å². The first kappa shape index (κ1) is 17.1. The van der Waals surface area contributed by atoms with Gasteiger partial charge in [0.05, 0.1) is 0 Å². The Hall–Kier alpha value is -0.720. The predicted octanol–water partition coefficient (Wildman–Crippen LogP) is 4.43. The van der Waals surface area contributed by atoms with Crippen LogP contribution in [0.4, 0.5) is 0 Å². The van der Waals surface area contributed by atoms with Gasteiger partial charge in [-0.3, -0.25) is 0 Å².